The molecular formula is C19H15N3OS2. The smallest absolute Gasteiger partial charge is 0.195 e. The lowest BCUT2D eigenvalue weighted by atomic mass is 10.1. The number of thiophene rings is 1. The second-order valence-corrected chi connectivity index (χ2v) is 7.70. The van der Waals surface area contributed by atoms with Crippen LogP contribution >= 0.6 is 22.7 Å². The number of benzene rings is 1. The topological polar surface area (TPSA) is 50.3 Å². The van der Waals surface area contributed by atoms with Gasteiger partial charge in [-0.25, -0.2) is 4.98 Å². The Morgan fingerprint density at radius 1 is 1.24 bits per heavy atom. The van der Waals surface area contributed by atoms with Crippen LogP contribution in [0.15, 0.2) is 41.8 Å². The summed E-state index contributed by atoms with van der Waals surface area (Å²) in [6.45, 7) is 2.10. The SMILES string of the molecule is COc1ccc(-c2c(C)sc3nc(-c4cccs4)c(CC#N)n23)cc1. The summed E-state index contributed by atoms with van der Waals surface area (Å²) in [5.41, 5.74) is 4.06. The number of rotatable bonds is 4. The quantitative estimate of drug-likeness (QED) is 0.501. The van der Waals surface area contributed by atoms with E-state index in [9.17, 15) is 5.26 Å². The van der Waals surface area contributed by atoms with Crippen LogP contribution in [0.25, 0.3) is 26.8 Å². The first-order valence-corrected chi connectivity index (χ1v) is 9.48. The molecule has 0 spiro atoms. The van der Waals surface area contributed by atoms with Crippen molar-refractivity contribution >= 4 is 27.6 Å². The molecule has 0 saturated heterocycles. The van der Waals surface area contributed by atoms with Crippen LogP contribution in [-0.2, 0) is 6.42 Å². The van der Waals surface area contributed by atoms with E-state index >= 15 is 0 Å². The maximum atomic E-state index is 9.36. The Balaban J connectivity index is 1.98. The Morgan fingerprint density at radius 3 is 2.68 bits per heavy atom. The Hall–Kier alpha value is -2.62. The zero-order chi connectivity index (χ0) is 17.4. The molecule has 0 amide bonds. The number of methoxy groups -OCH3 is 1. The summed E-state index contributed by atoms with van der Waals surface area (Å²) in [6, 6.07) is 14.4. The minimum absolute atomic E-state index is 0.327. The van der Waals surface area contributed by atoms with Crippen molar-refractivity contribution < 1.29 is 4.74 Å². The van der Waals surface area contributed by atoms with Crippen LogP contribution < -0.4 is 4.74 Å². The van der Waals surface area contributed by atoms with Crippen molar-refractivity contribution in [2.45, 2.75) is 13.3 Å². The summed E-state index contributed by atoms with van der Waals surface area (Å²) in [5, 5.41) is 11.4. The fourth-order valence-electron chi connectivity index (χ4n) is 3.00. The minimum atomic E-state index is 0.327. The number of nitrogens with zero attached hydrogens (tertiary/aromatic N) is 3. The molecule has 0 unspecified atom stereocenters. The van der Waals surface area contributed by atoms with Gasteiger partial charge in [0.15, 0.2) is 4.96 Å². The van der Waals surface area contributed by atoms with E-state index in [1.54, 1.807) is 29.8 Å². The van der Waals surface area contributed by atoms with E-state index in [1.807, 2.05) is 35.7 Å². The van der Waals surface area contributed by atoms with Crippen LogP contribution in [0.5, 0.6) is 5.75 Å². The van der Waals surface area contributed by atoms with Crippen LogP contribution in [0, 0.1) is 18.3 Å². The van der Waals surface area contributed by atoms with E-state index in [1.165, 1.54) is 4.88 Å². The van der Waals surface area contributed by atoms with Gasteiger partial charge in [-0.2, -0.15) is 5.26 Å². The summed E-state index contributed by atoms with van der Waals surface area (Å²) in [5.74, 6) is 0.829. The fraction of sp³-hybridized carbons (Fsp3) is 0.158. The molecule has 124 valence electrons. The van der Waals surface area contributed by atoms with Gasteiger partial charge in [-0.1, -0.05) is 6.07 Å². The van der Waals surface area contributed by atoms with Gasteiger partial charge >= 0.3 is 0 Å². The highest BCUT2D eigenvalue weighted by molar-refractivity contribution is 7.17. The molecular weight excluding hydrogens is 350 g/mol. The number of thiazole rings is 1. The Labute approximate surface area is 153 Å². The van der Waals surface area contributed by atoms with Gasteiger partial charge in [0.25, 0.3) is 0 Å². The molecule has 0 aliphatic rings. The zero-order valence-electron chi connectivity index (χ0n) is 13.8. The summed E-state index contributed by atoms with van der Waals surface area (Å²) in [7, 11) is 1.66. The number of aromatic nitrogens is 2. The molecule has 0 bridgehead atoms. The first-order valence-electron chi connectivity index (χ1n) is 7.79. The van der Waals surface area contributed by atoms with Crippen LogP contribution in [0.1, 0.15) is 10.6 Å². The van der Waals surface area contributed by atoms with E-state index in [-0.39, 0.29) is 0 Å². The van der Waals surface area contributed by atoms with Gasteiger partial charge in [-0.3, -0.25) is 4.40 Å². The second-order valence-electron chi connectivity index (χ2n) is 5.57. The summed E-state index contributed by atoms with van der Waals surface area (Å²) >= 11 is 3.31. The molecule has 0 radical (unpaired) electrons. The van der Waals surface area contributed by atoms with E-state index in [4.69, 9.17) is 9.72 Å². The highest BCUT2D eigenvalue weighted by atomic mass is 32.1. The molecule has 25 heavy (non-hydrogen) atoms. The number of imidazole rings is 1. The molecule has 0 N–H and O–H groups in total. The van der Waals surface area contributed by atoms with Gasteiger partial charge < -0.3 is 4.74 Å². The molecule has 0 atom stereocenters. The zero-order valence-corrected chi connectivity index (χ0v) is 15.4. The Kier molecular flexibility index (Phi) is 4.04. The number of hydrogen-bond donors (Lipinski definition) is 0. The van der Waals surface area contributed by atoms with Crippen molar-refractivity contribution in [1.29, 1.82) is 5.26 Å². The molecule has 0 fully saturated rings. The van der Waals surface area contributed by atoms with E-state index < -0.39 is 0 Å². The normalized spacial score (nSPS) is 10.9. The standard InChI is InChI=1S/C19H15N3OS2/c1-12-18(13-5-7-14(23-2)8-6-13)22-15(9-10-20)17(21-19(22)25-12)16-4-3-11-24-16/h3-8,11H,9H2,1-2H3. The first kappa shape index (κ1) is 15.9. The molecule has 3 heterocycles. The lowest BCUT2D eigenvalue weighted by Crippen LogP contribution is -1.96. The molecule has 0 saturated carbocycles. The molecule has 1 aromatic carbocycles. The van der Waals surface area contributed by atoms with Gasteiger partial charge in [-0.15, -0.1) is 22.7 Å². The third-order valence-corrected chi connectivity index (χ3v) is 5.94. The lowest BCUT2D eigenvalue weighted by molar-refractivity contribution is 0.415. The predicted octanol–water partition coefficient (Wildman–Crippen LogP) is 5.17. The van der Waals surface area contributed by atoms with Crippen LogP contribution in [0.4, 0.5) is 0 Å². The third-order valence-electron chi connectivity index (χ3n) is 4.11. The molecule has 0 aliphatic carbocycles. The Bertz CT molecular complexity index is 1070. The van der Waals surface area contributed by atoms with Gasteiger partial charge in [-0.05, 0) is 48.2 Å². The number of nitriles is 1. The van der Waals surface area contributed by atoms with Crippen LogP contribution in [0.3, 0.4) is 0 Å². The number of aryl methyl sites for hydroxylation is 1. The summed E-state index contributed by atoms with van der Waals surface area (Å²) in [4.78, 5) is 8.04. The van der Waals surface area contributed by atoms with Gasteiger partial charge in [0.1, 0.15) is 11.4 Å². The number of hydrogen-bond acceptors (Lipinski definition) is 5. The van der Waals surface area contributed by atoms with Crippen molar-refractivity contribution in [3.05, 3.63) is 52.3 Å². The number of fused-ring (bicyclic) bond motifs is 1. The average Bonchev–Trinajstić information content (AvgIpc) is 3.32. The highest BCUT2D eigenvalue weighted by Gasteiger charge is 2.21. The second kappa shape index (κ2) is 6.36. The van der Waals surface area contributed by atoms with Crippen LogP contribution in [-0.4, -0.2) is 16.5 Å². The minimum Gasteiger partial charge on any atom is -0.497 e. The van der Waals surface area contributed by atoms with E-state index in [0.717, 1.165) is 38.2 Å². The van der Waals surface area contributed by atoms with Gasteiger partial charge in [0.05, 0.1) is 35.9 Å². The summed E-state index contributed by atoms with van der Waals surface area (Å²) < 4.78 is 7.40. The monoisotopic (exact) mass is 365 g/mol. The van der Waals surface area contributed by atoms with E-state index in [0.29, 0.717) is 6.42 Å². The predicted molar refractivity (Wildman–Crippen MR) is 102 cm³/mol. The van der Waals surface area contributed by atoms with E-state index in [2.05, 4.69) is 23.5 Å². The maximum absolute atomic E-state index is 9.36. The molecule has 4 rings (SSSR count). The lowest BCUT2D eigenvalue weighted by Gasteiger charge is -2.07. The molecule has 0 aliphatic heterocycles. The molecule has 3 aromatic heterocycles. The van der Waals surface area contributed by atoms with Crippen molar-refractivity contribution in [1.82, 2.24) is 9.38 Å². The maximum Gasteiger partial charge on any atom is 0.195 e. The van der Waals surface area contributed by atoms with Gasteiger partial charge in [0, 0.05) is 4.88 Å². The highest BCUT2D eigenvalue weighted by Crippen LogP contribution is 2.37. The first-order chi connectivity index (χ1) is 12.2. The fourth-order valence-corrected chi connectivity index (χ4v) is 4.75. The van der Waals surface area contributed by atoms with Crippen LogP contribution in [0.2, 0.25) is 0 Å². The largest absolute Gasteiger partial charge is 0.497 e. The molecule has 4 nitrogen and oxygen atoms in total. The third kappa shape index (κ3) is 2.62. The number of ether oxygens (including phenoxy) is 1. The molecule has 6 heteroatoms. The summed E-state index contributed by atoms with van der Waals surface area (Å²) in [6.07, 6.45) is 0.327. The van der Waals surface area contributed by atoms with Crippen molar-refractivity contribution in [2.75, 3.05) is 7.11 Å². The molecule has 4 aromatic rings. The average molecular weight is 365 g/mol. The van der Waals surface area contributed by atoms with Crippen molar-refractivity contribution in [3.8, 4) is 33.6 Å². The van der Waals surface area contributed by atoms with Crippen molar-refractivity contribution in [3.63, 3.8) is 0 Å². The van der Waals surface area contributed by atoms with Crippen molar-refractivity contribution in [2.24, 2.45) is 0 Å². The van der Waals surface area contributed by atoms with Gasteiger partial charge in [0.2, 0.25) is 0 Å². The Morgan fingerprint density at radius 2 is 2.04 bits per heavy atom.